The number of pyridine rings is 1. The van der Waals surface area contributed by atoms with Crippen LogP contribution < -0.4 is 5.32 Å². The number of carbonyl (C=O) groups is 2. The Hall–Kier alpha value is -3.75. The molecule has 8 nitrogen and oxygen atoms in total. The second kappa shape index (κ2) is 11.1. The first-order valence-corrected chi connectivity index (χ1v) is 11.7. The van der Waals surface area contributed by atoms with Crippen molar-refractivity contribution in [3.05, 3.63) is 89.5 Å². The second-order valence-electron chi connectivity index (χ2n) is 8.96. The van der Waals surface area contributed by atoms with E-state index >= 15 is 0 Å². The van der Waals surface area contributed by atoms with Crippen LogP contribution in [0.5, 0.6) is 0 Å². The number of nitrogens with one attached hydrogen (secondary N) is 1. The third-order valence-electron chi connectivity index (χ3n) is 5.99. The first-order chi connectivity index (χ1) is 16.9. The summed E-state index contributed by atoms with van der Waals surface area (Å²) in [6.45, 7) is 2.34. The van der Waals surface area contributed by atoms with Crippen LogP contribution in [0.1, 0.15) is 27.2 Å². The zero-order chi connectivity index (χ0) is 24.8. The van der Waals surface area contributed by atoms with Crippen molar-refractivity contribution in [3.8, 4) is 0 Å². The molecule has 0 spiro atoms. The Morgan fingerprint density at radius 3 is 2.77 bits per heavy atom. The van der Waals surface area contributed by atoms with Gasteiger partial charge in [0.1, 0.15) is 17.6 Å². The first-order valence-electron chi connectivity index (χ1n) is 11.7. The molecule has 0 saturated heterocycles. The second-order valence-corrected chi connectivity index (χ2v) is 8.96. The third kappa shape index (κ3) is 6.23. The van der Waals surface area contributed by atoms with Crippen molar-refractivity contribution in [1.29, 1.82) is 0 Å². The van der Waals surface area contributed by atoms with Crippen LogP contribution in [0.2, 0.25) is 0 Å². The largest absolute Gasteiger partial charge is 0.390 e. The van der Waals surface area contributed by atoms with E-state index in [-0.39, 0.29) is 18.1 Å². The Morgan fingerprint density at radius 1 is 1.20 bits per heavy atom. The molecule has 8 heteroatoms. The molecule has 1 atom stereocenters. The quantitative estimate of drug-likeness (QED) is 0.281. The molecule has 3 heterocycles. The van der Waals surface area contributed by atoms with Crippen molar-refractivity contribution < 1.29 is 14.7 Å². The molecule has 0 bridgehead atoms. The fourth-order valence-corrected chi connectivity index (χ4v) is 4.20. The zero-order valence-corrected chi connectivity index (χ0v) is 20.1. The Labute approximate surface area is 205 Å². The molecule has 0 radical (unpaired) electrons. The predicted molar refractivity (Wildman–Crippen MR) is 136 cm³/mol. The van der Waals surface area contributed by atoms with Crippen molar-refractivity contribution in [2.45, 2.75) is 19.1 Å². The zero-order valence-electron chi connectivity index (χ0n) is 20.1. The molecule has 0 aliphatic carbocycles. The van der Waals surface area contributed by atoms with E-state index in [2.05, 4.69) is 33.4 Å². The molecule has 1 amide bonds. The minimum atomic E-state index is -0.674. The maximum absolute atomic E-state index is 12.7. The summed E-state index contributed by atoms with van der Waals surface area (Å²) in [7, 11) is 3.81. The number of aliphatic hydroxyl groups excluding tert-OH is 1. The van der Waals surface area contributed by atoms with Crippen LogP contribution in [0.3, 0.4) is 0 Å². The van der Waals surface area contributed by atoms with Crippen LogP contribution in [0.4, 0.5) is 0 Å². The van der Waals surface area contributed by atoms with E-state index < -0.39 is 6.10 Å². The molecule has 1 aliphatic rings. The minimum absolute atomic E-state index is 0.150. The van der Waals surface area contributed by atoms with E-state index in [9.17, 15) is 14.7 Å². The Kier molecular flexibility index (Phi) is 7.74. The molecule has 1 unspecified atom stereocenters. The smallest absolute Gasteiger partial charge is 0.271 e. The topological polar surface area (TPSA) is 90.2 Å². The highest BCUT2D eigenvalue weighted by Gasteiger charge is 2.19. The third-order valence-corrected chi connectivity index (χ3v) is 5.99. The van der Waals surface area contributed by atoms with Gasteiger partial charge in [0.05, 0.1) is 6.10 Å². The number of aldehydes is 1. The predicted octanol–water partition coefficient (Wildman–Crippen LogP) is 2.14. The summed E-state index contributed by atoms with van der Waals surface area (Å²) in [5.74, 6) is -0.338. The maximum Gasteiger partial charge on any atom is 0.271 e. The fraction of sp³-hybridized carbons (Fsp3) is 0.296. The Morgan fingerprint density at radius 2 is 2.00 bits per heavy atom. The highest BCUT2D eigenvalue weighted by molar-refractivity contribution is 5.93. The lowest BCUT2D eigenvalue weighted by atomic mass is 10.00. The van der Waals surface area contributed by atoms with Crippen LogP contribution in [0, 0.1) is 0 Å². The van der Waals surface area contributed by atoms with Crippen LogP contribution in [-0.4, -0.2) is 76.3 Å². The molecule has 1 aromatic carbocycles. The number of benzene rings is 1. The van der Waals surface area contributed by atoms with Gasteiger partial charge in [-0.2, -0.15) is 0 Å². The van der Waals surface area contributed by atoms with Crippen LogP contribution in [0.15, 0.2) is 67.1 Å². The number of hydrogen-bond donors (Lipinski definition) is 2. The molecule has 35 heavy (non-hydrogen) atoms. The van der Waals surface area contributed by atoms with E-state index in [0.717, 1.165) is 36.9 Å². The van der Waals surface area contributed by atoms with Crippen LogP contribution in [-0.2, 0) is 17.8 Å². The summed E-state index contributed by atoms with van der Waals surface area (Å²) in [6, 6.07) is 12.0. The number of aromatic nitrogens is 2. The number of fused-ring (bicyclic) bond motifs is 2. The number of amides is 1. The fourth-order valence-electron chi connectivity index (χ4n) is 4.20. The van der Waals surface area contributed by atoms with E-state index in [1.54, 1.807) is 16.7 Å². The van der Waals surface area contributed by atoms with Gasteiger partial charge in [0, 0.05) is 52.7 Å². The van der Waals surface area contributed by atoms with Crippen LogP contribution >= 0.6 is 0 Å². The average Bonchev–Trinajstić information content (AvgIpc) is 3.28. The number of carbonyl (C=O) groups excluding carboxylic acids is 2. The number of allylic oxidation sites excluding steroid dienone is 3. The number of hydrogen-bond acceptors (Lipinski definition) is 6. The van der Waals surface area contributed by atoms with E-state index in [0.29, 0.717) is 12.2 Å². The lowest BCUT2D eigenvalue weighted by Gasteiger charge is -2.30. The minimum Gasteiger partial charge on any atom is -0.390 e. The van der Waals surface area contributed by atoms with Gasteiger partial charge in [-0.15, -0.1) is 0 Å². The number of rotatable bonds is 9. The molecule has 4 rings (SSSR count). The standard InChI is InChI=1S/C27H31N5O3/c1-30(2)12-9-21(11-14-33)23-7-8-26-29-25(19-32(26)17-23)27(35)28-15-24(34)18-31-13-10-20-5-3-4-6-22(20)16-31/h3-9,11-12,14,17,19,24,34H,10,13,15-16,18H2,1-2H3,(H,28,35)/b12-9-,21-11+. The Bertz CT molecular complexity index is 1260. The van der Waals surface area contributed by atoms with Gasteiger partial charge in [-0.3, -0.25) is 14.5 Å². The van der Waals surface area contributed by atoms with Crippen LogP contribution in [0.25, 0.3) is 11.2 Å². The highest BCUT2D eigenvalue weighted by atomic mass is 16.3. The lowest BCUT2D eigenvalue weighted by Crippen LogP contribution is -2.42. The molecule has 2 N–H and O–H groups in total. The summed E-state index contributed by atoms with van der Waals surface area (Å²) in [5, 5.41) is 13.3. The van der Waals surface area contributed by atoms with E-state index in [1.807, 2.05) is 49.6 Å². The molecule has 182 valence electrons. The van der Waals surface area contributed by atoms with E-state index in [1.165, 1.54) is 17.2 Å². The molecule has 1 aliphatic heterocycles. The van der Waals surface area contributed by atoms with Gasteiger partial charge < -0.3 is 19.7 Å². The summed E-state index contributed by atoms with van der Waals surface area (Å²) in [4.78, 5) is 32.3. The van der Waals surface area contributed by atoms with Gasteiger partial charge in [0.25, 0.3) is 5.91 Å². The van der Waals surface area contributed by atoms with Gasteiger partial charge in [-0.1, -0.05) is 24.3 Å². The van der Waals surface area contributed by atoms with Crippen molar-refractivity contribution >= 4 is 23.4 Å². The van der Waals surface area contributed by atoms with E-state index in [4.69, 9.17) is 0 Å². The van der Waals surface area contributed by atoms with Gasteiger partial charge in [0.2, 0.25) is 0 Å². The van der Waals surface area contributed by atoms with Crippen molar-refractivity contribution in [2.75, 3.05) is 33.7 Å². The lowest BCUT2D eigenvalue weighted by molar-refractivity contribution is -0.104. The number of aliphatic hydroxyl groups is 1. The monoisotopic (exact) mass is 473 g/mol. The number of imidazole rings is 1. The Balaban J connectivity index is 1.36. The van der Waals surface area contributed by atoms with Crippen molar-refractivity contribution in [3.63, 3.8) is 0 Å². The molecule has 0 saturated carbocycles. The van der Waals surface area contributed by atoms with Gasteiger partial charge in [-0.05, 0) is 59.2 Å². The molecule has 2 aromatic heterocycles. The van der Waals surface area contributed by atoms with Gasteiger partial charge in [0.15, 0.2) is 0 Å². The molecular weight excluding hydrogens is 442 g/mol. The number of β-amino-alcohol motifs (C(OH)–C–C–N with tert-alkyl or cyclic N) is 1. The molecule has 3 aromatic rings. The SMILES string of the molecule is CN(C)/C=C\C(=C/C=O)c1ccc2nc(C(=O)NCC(O)CN3CCc4ccccc4C3)cn2c1. The normalized spacial score (nSPS) is 15.2. The van der Waals surface area contributed by atoms with Gasteiger partial charge >= 0.3 is 0 Å². The van der Waals surface area contributed by atoms with Crippen molar-refractivity contribution in [1.82, 2.24) is 24.5 Å². The maximum atomic E-state index is 12.7. The highest BCUT2D eigenvalue weighted by Crippen LogP contribution is 2.19. The van der Waals surface area contributed by atoms with Gasteiger partial charge in [-0.25, -0.2) is 4.98 Å². The average molecular weight is 474 g/mol. The molecular formula is C27H31N5O3. The molecule has 0 fully saturated rings. The summed E-state index contributed by atoms with van der Waals surface area (Å²) in [6.07, 6.45) is 9.73. The number of nitrogens with zero attached hydrogens (tertiary/aromatic N) is 4. The summed E-state index contributed by atoms with van der Waals surface area (Å²) in [5.41, 5.74) is 5.12. The van der Waals surface area contributed by atoms with Crippen molar-refractivity contribution in [2.24, 2.45) is 0 Å². The first kappa shape index (κ1) is 24.4. The summed E-state index contributed by atoms with van der Waals surface area (Å²) < 4.78 is 1.76. The summed E-state index contributed by atoms with van der Waals surface area (Å²) >= 11 is 0.